The molecule has 24 heavy (non-hydrogen) atoms. The summed E-state index contributed by atoms with van der Waals surface area (Å²) < 4.78 is 7.40. The number of nitrogens with one attached hydrogen (secondary N) is 1. The molecule has 1 aliphatic carbocycles. The molecule has 1 N–H and O–H groups in total. The number of nitrogens with zero attached hydrogens (tertiary/aromatic N) is 2. The minimum Gasteiger partial charge on any atom is -0.496 e. The zero-order chi connectivity index (χ0) is 16.9. The number of hydrogen-bond donors (Lipinski definition) is 1. The maximum atomic E-state index is 12.6. The summed E-state index contributed by atoms with van der Waals surface area (Å²) in [6.45, 7) is 0. The predicted molar refractivity (Wildman–Crippen MR) is 92.7 cm³/mol. The van der Waals surface area contributed by atoms with Crippen LogP contribution in [0.2, 0.25) is 0 Å². The van der Waals surface area contributed by atoms with Crippen LogP contribution in [0, 0.1) is 5.92 Å². The fourth-order valence-corrected chi connectivity index (χ4v) is 3.16. The molecule has 0 spiro atoms. The number of methoxy groups -OCH3 is 1. The molecule has 5 nitrogen and oxygen atoms in total. The van der Waals surface area contributed by atoms with Crippen molar-refractivity contribution in [1.82, 2.24) is 14.9 Å². The van der Waals surface area contributed by atoms with Gasteiger partial charge in [-0.05, 0) is 24.8 Å². The smallest absolute Gasteiger partial charge is 0.221 e. The zero-order valence-electron chi connectivity index (χ0n) is 14.1. The highest BCUT2D eigenvalue weighted by Gasteiger charge is 2.25. The van der Waals surface area contributed by atoms with Crippen molar-refractivity contribution < 1.29 is 9.53 Å². The number of ether oxygens (including phenoxy) is 1. The Balaban J connectivity index is 1.86. The Bertz CT molecular complexity index is 736. The van der Waals surface area contributed by atoms with Crippen LogP contribution in [0.1, 0.15) is 36.7 Å². The van der Waals surface area contributed by atoms with Crippen LogP contribution in [0.3, 0.4) is 0 Å². The first-order valence-electron chi connectivity index (χ1n) is 8.25. The van der Waals surface area contributed by atoms with Crippen LogP contribution < -0.4 is 10.1 Å². The summed E-state index contributed by atoms with van der Waals surface area (Å²) in [6.07, 6.45) is 10.5. The summed E-state index contributed by atoms with van der Waals surface area (Å²) in [6, 6.07) is 7.40. The Hall–Kier alpha value is -2.56. The quantitative estimate of drug-likeness (QED) is 0.831. The second-order valence-electron chi connectivity index (χ2n) is 6.11. The first-order chi connectivity index (χ1) is 11.7. The fourth-order valence-electron chi connectivity index (χ4n) is 3.16. The summed E-state index contributed by atoms with van der Waals surface area (Å²) in [7, 11) is 3.57. The van der Waals surface area contributed by atoms with E-state index >= 15 is 0 Å². The lowest BCUT2D eigenvalue weighted by atomic mass is 10.0. The van der Waals surface area contributed by atoms with Gasteiger partial charge in [0.15, 0.2) is 0 Å². The third-order valence-electron chi connectivity index (χ3n) is 4.43. The number of para-hydroxylation sites is 1. The van der Waals surface area contributed by atoms with Gasteiger partial charge in [-0.25, -0.2) is 4.98 Å². The molecule has 0 saturated heterocycles. The van der Waals surface area contributed by atoms with E-state index in [-0.39, 0.29) is 11.9 Å². The van der Waals surface area contributed by atoms with E-state index < -0.39 is 0 Å². The third-order valence-corrected chi connectivity index (χ3v) is 4.43. The lowest BCUT2D eigenvalue weighted by Gasteiger charge is -2.22. The Morgan fingerprint density at radius 1 is 1.46 bits per heavy atom. The van der Waals surface area contributed by atoms with E-state index in [2.05, 4.69) is 22.5 Å². The molecule has 0 saturated carbocycles. The van der Waals surface area contributed by atoms with Crippen LogP contribution in [0.15, 0.2) is 48.8 Å². The standard InChI is InChI=1S/C19H23N3O2/c1-22-12-11-20-19(22)18(15-9-5-6-10-16(15)24-2)21-17(23)13-14-7-3-4-8-14/h3,5-7,9-12,14,18H,4,8,13H2,1-2H3,(H,21,23)/t14-,18-/m0/s1. The van der Waals surface area contributed by atoms with Crippen LogP contribution in [0.4, 0.5) is 0 Å². The largest absolute Gasteiger partial charge is 0.496 e. The molecule has 1 heterocycles. The molecule has 126 valence electrons. The minimum atomic E-state index is -0.334. The van der Waals surface area contributed by atoms with Crippen molar-refractivity contribution in [1.29, 1.82) is 0 Å². The highest BCUT2D eigenvalue weighted by atomic mass is 16.5. The first kappa shape index (κ1) is 16.3. The monoisotopic (exact) mass is 325 g/mol. The zero-order valence-corrected chi connectivity index (χ0v) is 14.1. The summed E-state index contributed by atoms with van der Waals surface area (Å²) in [5, 5.41) is 3.14. The number of rotatable bonds is 6. The summed E-state index contributed by atoms with van der Waals surface area (Å²) in [5.74, 6) is 1.90. The summed E-state index contributed by atoms with van der Waals surface area (Å²) >= 11 is 0. The van der Waals surface area contributed by atoms with Gasteiger partial charge in [-0.2, -0.15) is 0 Å². The van der Waals surface area contributed by atoms with Crippen LogP contribution in [0.25, 0.3) is 0 Å². The average Bonchev–Trinajstić information content (AvgIpc) is 3.24. The van der Waals surface area contributed by atoms with Crippen molar-refractivity contribution in [2.45, 2.75) is 25.3 Å². The Kier molecular flexibility index (Phi) is 4.99. The Morgan fingerprint density at radius 3 is 2.96 bits per heavy atom. The molecule has 0 radical (unpaired) electrons. The van der Waals surface area contributed by atoms with Gasteiger partial charge in [-0.3, -0.25) is 4.79 Å². The normalized spacial score (nSPS) is 17.7. The molecule has 1 aliphatic rings. The maximum absolute atomic E-state index is 12.6. The van der Waals surface area contributed by atoms with Gasteiger partial charge >= 0.3 is 0 Å². The molecule has 1 aromatic carbocycles. The molecule has 1 amide bonds. The lowest BCUT2D eigenvalue weighted by molar-refractivity contribution is -0.122. The van der Waals surface area contributed by atoms with Crippen LogP contribution in [-0.4, -0.2) is 22.6 Å². The molecular formula is C19H23N3O2. The summed E-state index contributed by atoms with van der Waals surface area (Å²) in [4.78, 5) is 17.0. The van der Waals surface area contributed by atoms with Crippen molar-refractivity contribution in [2.75, 3.05) is 7.11 Å². The maximum Gasteiger partial charge on any atom is 0.221 e. The van der Waals surface area contributed by atoms with Crippen LogP contribution in [-0.2, 0) is 11.8 Å². The molecule has 3 rings (SSSR count). The van der Waals surface area contributed by atoms with Crippen molar-refractivity contribution in [3.8, 4) is 5.75 Å². The van der Waals surface area contributed by atoms with Crippen molar-refractivity contribution in [2.24, 2.45) is 13.0 Å². The lowest BCUT2D eigenvalue weighted by Crippen LogP contribution is -2.32. The van der Waals surface area contributed by atoms with Crippen molar-refractivity contribution >= 4 is 5.91 Å². The van der Waals surface area contributed by atoms with E-state index in [1.165, 1.54) is 0 Å². The predicted octanol–water partition coefficient (Wildman–Crippen LogP) is 2.99. The van der Waals surface area contributed by atoms with E-state index in [0.29, 0.717) is 12.3 Å². The number of carbonyl (C=O) groups excluding carboxylic acids is 1. The van der Waals surface area contributed by atoms with Gasteiger partial charge in [0, 0.05) is 31.4 Å². The van der Waals surface area contributed by atoms with E-state index in [4.69, 9.17) is 4.74 Å². The Labute approximate surface area is 142 Å². The van der Waals surface area contributed by atoms with E-state index in [9.17, 15) is 4.79 Å². The fraction of sp³-hybridized carbons (Fsp3) is 0.368. The van der Waals surface area contributed by atoms with Crippen molar-refractivity contribution in [3.63, 3.8) is 0 Å². The molecular weight excluding hydrogens is 302 g/mol. The number of carbonyl (C=O) groups is 1. The number of benzene rings is 1. The average molecular weight is 325 g/mol. The van der Waals surface area contributed by atoms with Gasteiger partial charge in [0.2, 0.25) is 5.91 Å². The van der Waals surface area contributed by atoms with Gasteiger partial charge in [-0.15, -0.1) is 0 Å². The van der Waals surface area contributed by atoms with Gasteiger partial charge < -0.3 is 14.6 Å². The third kappa shape index (κ3) is 3.50. The van der Waals surface area contributed by atoms with E-state index in [1.807, 2.05) is 42.1 Å². The highest BCUT2D eigenvalue weighted by Crippen LogP contribution is 2.29. The second kappa shape index (κ2) is 7.34. The van der Waals surface area contributed by atoms with Gasteiger partial charge in [0.25, 0.3) is 0 Å². The van der Waals surface area contributed by atoms with Gasteiger partial charge in [0.05, 0.1) is 7.11 Å². The number of aryl methyl sites for hydroxylation is 1. The molecule has 0 unspecified atom stereocenters. The molecule has 0 aliphatic heterocycles. The van der Waals surface area contributed by atoms with E-state index in [1.54, 1.807) is 13.3 Å². The summed E-state index contributed by atoms with van der Waals surface area (Å²) in [5.41, 5.74) is 0.907. The topological polar surface area (TPSA) is 56.1 Å². The number of imidazole rings is 1. The van der Waals surface area contributed by atoms with Crippen molar-refractivity contribution in [3.05, 3.63) is 60.2 Å². The van der Waals surface area contributed by atoms with Gasteiger partial charge in [0.1, 0.15) is 17.6 Å². The van der Waals surface area contributed by atoms with Gasteiger partial charge in [-0.1, -0.05) is 30.4 Å². The minimum absolute atomic E-state index is 0.0328. The molecule has 5 heteroatoms. The molecule has 0 fully saturated rings. The van der Waals surface area contributed by atoms with Crippen LogP contribution in [0.5, 0.6) is 5.75 Å². The number of aromatic nitrogens is 2. The van der Waals surface area contributed by atoms with Crippen LogP contribution >= 0.6 is 0 Å². The SMILES string of the molecule is COc1ccccc1[C@H](NC(=O)C[C@H]1C=CCC1)c1nccn1C. The number of allylic oxidation sites excluding steroid dienone is 2. The van der Waals surface area contributed by atoms with E-state index in [0.717, 1.165) is 30.0 Å². The second-order valence-corrected chi connectivity index (χ2v) is 6.11. The molecule has 0 bridgehead atoms. The molecule has 1 aromatic heterocycles. The number of hydrogen-bond acceptors (Lipinski definition) is 3. The number of amides is 1. The molecule has 2 aromatic rings. The molecule has 2 atom stereocenters. The highest BCUT2D eigenvalue weighted by molar-refractivity contribution is 5.77. The Morgan fingerprint density at radius 2 is 2.29 bits per heavy atom. The first-order valence-corrected chi connectivity index (χ1v) is 8.25.